The Morgan fingerprint density at radius 3 is 2.50 bits per heavy atom. The van der Waals surface area contributed by atoms with Crippen LogP contribution in [0.2, 0.25) is 0 Å². The van der Waals surface area contributed by atoms with Gasteiger partial charge in [-0.15, -0.1) is 0 Å². The summed E-state index contributed by atoms with van der Waals surface area (Å²) in [4.78, 5) is 9.86. The van der Waals surface area contributed by atoms with Crippen LogP contribution in [0.5, 0.6) is 5.75 Å². The van der Waals surface area contributed by atoms with Crippen molar-refractivity contribution >= 4 is 8.76 Å². The van der Waals surface area contributed by atoms with Crippen molar-refractivity contribution in [3.05, 3.63) is 28.3 Å². The van der Waals surface area contributed by atoms with Gasteiger partial charge < -0.3 is 5.48 Å². The third-order valence-electron chi connectivity index (χ3n) is 1.26. The van der Waals surface area contributed by atoms with E-state index in [4.69, 9.17) is 5.11 Å². The first-order valence-electron chi connectivity index (χ1n) is 2.90. The molecule has 0 atom stereocenters. The zero-order valence-electron chi connectivity index (χ0n) is 6.15. The van der Waals surface area contributed by atoms with Crippen LogP contribution in [0.1, 0.15) is 0 Å². The van der Waals surface area contributed by atoms with Crippen molar-refractivity contribution < 1.29 is 41.6 Å². The minimum atomic E-state index is -0.429. The molecule has 0 spiro atoms. The van der Waals surface area contributed by atoms with Crippen molar-refractivity contribution in [2.24, 2.45) is 0 Å². The molecule has 61 valence electrons. The average molecular weight is 357 g/mol. The molecule has 1 aromatic carbocycles. The second-order valence-corrected chi connectivity index (χ2v) is 5.03. The number of rotatable bonds is 1. The molecular weight excluding hydrogens is 351 g/mol. The summed E-state index contributed by atoms with van der Waals surface area (Å²) in [5, 5.41) is 19.2. The van der Waals surface area contributed by atoms with Gasteiger partial charge in [0.1, 0.15) is 0 Å². The first-order chi connectivity index (χ1) is 5.11. The zero-order chi connectivity index (χ0) is 8.43. The van der Waals surface area contributed by atoms with Gasteiger partial charge >= 0.3 is 79.0 Å². The fraction of sp³-hybridized carbons (Fsp3) is 0. The Balaban J connectivity index is 0.00000121. The first-order valence-corrected chi connectivity index (χ1v) is 5.65. The van der Waals surface area contributed by atoms with E-state index in [-0.39, 0.29) is 43.0 Å². The van der Waals surface area contributed by atoms with Gasteiger partial charge in [-0.2, -0.15) is 0 Å². The van der Waals surface area contributed by atoms with Gasteiger partial charge in [-0.1, -0.05) is 0 Å². The van der Waals surface area contributed by atoms with Gasteiger partial charge in [0, 0.05) is 0 Å². The topological polar surface area (TPSA) is 94.9 Å². The molecule has 1 aromatic rings. The number of nitrogens with zero attached hydrogens (tertiary/aromatic N) is 1. The van der Waals surface area contributed by atoms with E-state index >= 15 is 0 Å². The number of phenols is 1. The summed E-state index contributed by atoms with van der Waals surface area (Å²) in [6.45, 7) is 0. The molecular formula is C6H6HgNO4. The van der Waals surface area contributed by atoms with Gasteiger partial charge in [0.15, 0.2) is 0 Å². The molecule has 1 rings (SSSR count). The average Bonchev–Trinajstić information content (AvgIpc) is 1.85. The number of nitro benzene ring substituents is 1. The predicted molar refractivity (Wildman–Crippen MR) is 38.0 cm³/mol. The maximum absolute atomic E-state index is 10.3. The molecule has 0 aliphatic heterocycles. The Hall–Kier alpha value is -0.685. The van der Waals surface area contributed by atoms with Crippen LogP contribution >= 0.6 is 0 Å². The van der Waals surface area contributed by atoms with Crippen LogP contribution in [0, 0.1) is 10.1 Å². The van der Waals surface area contributed by atoms with E-state index in [1.54, 1.807) is 0 Å². The fourth-order valence-corrected chi connectivity index (χ4v) is 2.52. The standard InChI is InChI=1S/C6H4NO3.Hg.H2O/c8-6-3-1-5(2-4-6)7(9)10;;/h1,3-4,8H;;1H2. The Labute approximate surface area is 84.4 Å². The van der Waals surface area contributed by atoms with Crippen LogP contribution in [0.3, 0.4) is 0 Å². The first kappa shape index (κ1) is 11.3. The van der Waals surface area contributed by atoms with Crippen LogP contribution in [0.15, 0.2) is 18.2 Å². The van der Waals surface area contributed by atoms with Crippen molar-refractivity contribution in [1.82, 2.24) is 0 Å². The molecule has 0 heterocycles. The maximum atomic E-state index is 10.3. The number of hydrogen-bond acceptors (Lipinski definition) is 3. The number of aromatic hydroxyl groups is 1. The van der Waals surface area contributed by atoms with Crippen LogP contribution in [-0.2, 0) is 26.1 Å². The van der Waals surface area contributed by atoms with Gasteiger partial charge in [0.25, 0.3) is 0 Å². The summed E-state index contributed by atoms with van der Waals surface area (Å²) >= 11 is 0.166. The third kappa shape index (κ3) is 2.42. The molecule has 0 aliphatic carbocycles. The van der Waals surface area contributed by atoms with E-state index in [2.05, 4.69) is 0 Å². The summed E-state index contributed by atoms with van der Waals surface area (Å²) in [5.74, 6) is 0.0978. The summed E-state index contributed by atoms with van der Waals surface area (Å²) in [5.41, 5.74) is 0.117. The van der Waals surface area contributed by atoms with Gasteiger partial charge in [-0.3, -0.25) is 0 Å². The van der Waals surface area contributed by atoms with Crippen LogP contribution < -0.4 is 3.07 Å². The molecule has 0 saturated carbocycles. The molecule has 0 unspecified atom stereocenters. The van der Waals surface area contributed by atoms with Gasteiger partial charge in [0.05, 0.1) is 0 Å². The number of phenolic OH excluding ortho intramolecular Hbond substituents is 1. The van der Waals surface area contributed by atoms with E-state index in [1.165, 1.54) is 18.2 Å². The Kier molecular flexibility index (Phi) is 4.12. The normalized spacial score (nSPS) is 8.83. The molecule has 0 fully saturated rings. The second kappa shape index (κ2) is 4.37. The third-order valence-corrected chi connectivity index (χ3v) is 3.46. The molecule has 3 N–H and O–H groups in total. The SMILES string of the molecule is O.O=[N+]([O-])c1ccc(O)c[c]1[Hg]. The van der Waals surface area contributed by atoms with Crippen molar-refractivity contribution in [2.45, 2.75) is 0 Å². The summed E-state index contributed by atoms with van der Waals surface area (Å²) in [6.07, 6.45) is 0. The Bertz CT molecular complexity index is 302. The van der Waals surface area contributed by atoms with Crippen molar-refractivity contribution in [2.75, 3.05) is 0 Å². The van der Waals surface area contributed by atoms with Gasteiger partial charge in [-0.25, -0.2) is 0 Å². The van der Waals surface area contributed by atoms with Crippen LogP contribution in [-0.4, -0.2) is 15.5 Å². The predicted octanol–water partition coefficient (Wildman–Crippen LogP) is -0.352. The van der Waals surface area contributed by atoms with Crippen molar-refractivity contribution in [3.8, 4) is 5.75 Å². The molecule has 0 amide bonds. The molecule has 6 heteroatoms. The molecule has 0 aliphatic rings. The Morgan fingerprint density at radius 2 is 2.08 bits per heavy atom. The molecule has 0 aromatic heterocycles. The molecule has 0 bridgehead atoms. The molecule has 12 heavy (non-hydrogen) atoms. The van der Waals surface area contributed by atoms with E-state index in [9.17, 15) is 10.1 Å². The van der Waals surface area contributed by atoms with Crippen molar-refractivity contribution in [1.29, 1.82) is 0 Å². The van der Waals surface area contributed by atoms with E-state index in [0.29, 0.717) is 3.07 Å². The van der Waals surface area contributed by atoms with E-state index < -0.39 is 4.92 Å². The summed E-state index contributed by atoms with van der Waals surface area (Å²) in [6, 6.07) is 4.10. The molecule has 5 nitrogen and oxygen atoms in total. The zero-order valence-corrected chi connectivity index (χ0v) is 11.6. The van der Waals surface area contributed by atoms with Gasteiger partial charge in [-0.05, 0) is 0 Å². The van der Waals surface area contributed by atoms with Crippen molar-refractivity contribution in [3.63, 3.8) is 0 Å². The minimum absolute atomic E-state index is 0. The summed E-state index contributed by atoms with van der Waals surface area (Å²) < 4.78 is 0.662. The van der Waals surface area contributed by atoms with Crippen LogP contribution in [0.4, 0.5) is 5.69 Å². The monoisotopic (exact) mass is 358 g/mol. The number of hydrogen-bond donors (Lipinski definition) is 1. The van der Waals surface area contributed by atoms with Crippen LogP contribution in [0.25, 0.3) is 0 Å². The number of benzene rings is 1. The van der Waals surface area contributed by atoms with E-state index in [0.717, 1.165) is 0 Å². The second-order valence-electron chi connectivity index (χ2n) is 2.07. The molecule has 0 radical (unpaired) electrons. The fourth-order valence-electron chi connectivity index (χ4n) is 0.750. The molecule has 0 saturated heterocycles. The number of nitro groups is 1. The van der Waals surface area contributed by atoms with E-state index in [1.807, 2.05) is 0 Å². The quantitative estimate of drug-likeness (QED) is 0.423. The van der Waals surface area contributed by atoms with Gasteiger partial charge in [0.2, 0.25) is 0 Å². The Morgan fingerprint density at radius 1 is 1.50 bits per heavy atom. The summed E-state index contributed by atoms with van der Waals surface area (Å²) in [7, 11) is 0.